The van der Waals surface area contributed by atoms with Crippen molar-refractivity contribution < 1.29 is 32.7 Å². The zero-order chi connectivity index (χ0) is 13.3. The predicted molar refractivity (Wildman–Crippen MR) is 81.1 cm³/mol. The summed E-state index contributed by atoms with van der Waals surface area (Å²) in [5.74, 6) is 1.10. The summed E-state index contributed by atoms with van der Waals surface area (Å²) in [6, 6.07) is 0. The van der Waals surface area contributed by atoms with Gasteiger partial charge in [-0.2, -0.15) is 25.0 Å². The molecule has 0 N–H and O–H groups in total. The van der Waals surface area contributed by atoms with E-state index in [9.17, 15) is 0 Å². The van der Waals surface area contributed by atoms with Gasteiger partial charge in [-0.25, -0.2) is 0 Å². The summed E-state index contributed by atoms with van der Waals surface area (Å²) >= 11 is 5.01. The summed E-state index contributed by atoms with van der Waals surface area (Å²) in [5, 5.41) is 0. The first kappa shape index (κ1) is 19.2. The maximum atomic E-state index is 5.01. The molecule has 0 nitrogen and oxygen atoms in total. The summed E-state index contributed by atoms with van der Waals surface area (Å²) in [7, 11) is 0. The normalized spacial score (nSPS) is 33.1. The molecule has 0 saturated carbocycles. The molecule has 0 spiro atoms. The fraction of sp³-hybridized carbons (Fsp3) is 0.750. The van der Waals surface area contributed by atoms with Crippen LogP contribution in [0.2, 0.25) is 0 Å². The van der Waals surface area contributed by atoms with Crippen LogP contribution in [0.4, 0.5) is 0 Å². The second kappa shape index (κ2) is 7.27. The second-order valence-electron chi connectivity index (χ2n) is 6.48. The molecule has 1 rings (SSSR count). The molecule has 4 unspecified atom stereocenters. The van der Waals surface area contributed by atoms with Crippen molar-refractivity contribution in [1.29, 1.82) is 0 Å². The number of allylic oxidation sites excluding steroid dienone is 2. The Morgan fingerprint density at radius 1 is 1.61 bits per heavy atom. The zero-order valence-corrected chi connectivity index (χ0v) is 16.2. The first-order chi connectivity index (χ1) is 7.72. The first-order valence-corrected chi connectivity index (χ1v) is 7.19. The molecule has 103 valence electrons. The Labute approximate surface area is 145 Å². The van der Waals surface area contributed by atoms with Crippen molar-refractivity contribution >= 4 is 12.6 Å². The van der Waals surface area contributed by atoms with Crippen LogP contribution in [0.5, 0.6) is 0 Å². The molecule has 0 aliphatic heterocycles. The van der Waals surface area contributed by atoms with E-state index in [2.05, 4.69) is 47.6 Å². The molecule has 1 aliphatic rings. The van der Waals surface area contributed by atoms with E-state index < -0.39 is 0 Å². The Kier molecular flexibility index (Phi) is 7.76. The van der Waals surface area contributed by atoms with Gasteiger partial charge in [-0.15, -0.1) is 0 Å². The molecular formula is C16H28SY-2. The number of hydrogen-bond acceptors (Lipinski definition) is 1. The SMILES string of the molecule is [CH2-]CC1(C(C)(S)CC([CH2-])C)CC(C)=CC(C)C1.[Y]. The maximum absolute atomic E-state index is 5.01. The van der Waals surface area contributed by atoms with Gasteiger partial charge in [0.05, 0.1) is 0 Å². The molecule has 0 bridgehead atoms. The quantitative estimate of drug-likeness (QED) is 0.410. The molecule has 1 aliphatic carbocycles. The van der Waals surface area contributed by atoms with Crippen molar-refractivity contribution in [2.24, 2.45) is 17.3 Å². The summed E-state index contributed by atoms with van der Waals surface area (Å²) in [4.78, 5) is 0. The third-order valence-electron chi connectivity index (χ3n) is 4.27. The average Bonchev–Trinajstić information content (AvgIpc) is 2.13. The number of thiol groups is 1. The van der Waals surface area contributed by atoms with Gasteiger partial charge in [-0.05, 0) is 31.1 Å². The predicted octanol–water partition coefficient (Wildman–Crippen LogP) is 5.12. The molecule has 0 aromatic heterocycles. The minimum atomic E-state index is 0. The van der Waals surface area contributed by atoms with Crippen molar-refractivity contribution in [1.82, 2.24) is 0 Å². The second-order valence-corrected chi connectivity index (χ2v) is 7.47. The number of hydrogen-bond donors (Lipinski definition) is 1. The van der Waals surface area contributed by atoms with E-state index in [1.807, 2.05) is 0 Å². The van der Waals surface area contributed by atoms with Gasteiger partial charge < -0.3 is 13.8 Å². The van der Waals surface area contributed by atoms with Gasteiger partial charge in [0.1, 0.15) is 0 Å². The molecule has 0 heterocycles. The molecular weight excluding hydrogens is 313 g/mol. The molecule has 0 amide bonds. The van der Waals surface area contributed by atoms with Crippen molar-refractivity contribution in [2.75, 3.05) is 0 Å². The van der Waals surface area contributed by atoms with Crippen LogP contribution in [0.25, 0.3) is 0 Å². The molecule has 1 radical (unpaired) electrons. The first-order valence-electron chi connectivity index (χ1n) is 6.74. The Morgan fingerprint density at radius 2 is 2.17 bits per heavy atom. The van der Waals surface area contributed by atoms with Crippen molar-refractivity contribution in [3.05, 3.63) is 25.5 Å². The van der Waals surface area contributed by atoms with Gasteiger partial charge in [0, 0.05) is 37.5 Å². The van der Waals surface area contributed by atoms with Crippen LogP contribution in [0, 0.1) is 31.1 Å². The minimum Gasteiger partial charge on any atom is -0.343 e. The summed E-state index contributed by atoms with van der Waals surface area (Å²) in [6.07, 6.45) is 6.79. The molecule has 0 fully saturated rings. The van der Waals surface area contributed by atoms with Gasteiger partial charge in [-0.1, -0.05) is 38.8 Å². The maximum Gasteiger partial charge on any atom is 0.0114 e. The van der Waals surface area contributed by atoms with Gasteiger partial charge >= 0.3 is 0 Å². The number of rotatable bonds is 4. The third kappa shape index (κ3) is 4.35. The van der Waals surface area contributed by atoms with E-state index in [0.717, 1.165) is 19.3 Å². The van der Waals surface area contributed by atoms with Crippen LogP contribution in [0.3, 0.4) is 0 Å². The van der Waals surface area contributed by atoms with E-state index in [-0.39, 0.29) is 42.9 Å². The van der Waals surface area contributed by atoms with Gasteiger partial charge in [-0.3, -0.25) is 0 Å². The Balaban J connectivity index is 0.00000289. The van der Waals surface area contributed by atoms with Crippen LogP contribution in [-0.2, 0) is 32.7 Å². The third-order valence-corrected chi connectivity index (χ3v) is 4.92. The summed E-state index contributed by atoms with van der Waals surface area (Å²) in [6.45, 7) is 17.4. The molecule has 0 aromatic rings. The molecule has 18 heavy (non-hydrogen) atoms. The largest absolute Gasteiger partial charge is 0.343 e. The van der Waals surface area contributed by atoms with Gasteiger partial charge in [0.15, 0.2) is 0 Å². The average molecular weight is 341 g/mol. The standard InChI is InChI=1S/C16H28S.Y/c1-7-16(15(6,17)9-12(2)3)10-13(4)8-14(5)11-16;/h8,12-13,17H,1-2,7,9-11H2,3-6H3;/q-2;. The van der Waals surface area contributed by atoms with E-state index in [1.165, 1.54) is 12.0 Å². The van der Waals surface area contributed by atoms with Crippen molar-refractivity contribution in [2.45, 2.75) is 58.1 Å². The van der Waals surface area contributed by atoms with Crippen LogP contribution < -0.4 is 0 Å². The Morgan fingerprint density at radius 3 is 2.56 bits per heavy atom. The monoisotopic (exact) mass is 341 g/mol. The van der Waals surface area contributed by atoms with Crippen LogP contribution >= 0.6 is 12.6 Å². The van der Waals surface area contributed by atoms with Crippen LogP contribution in [0.1, 0.15) is 53.4 Å². The summed E-state index contributed by atoms with van der Waals surface area (Å²) in [5.41, 5.74) is 1.74. The van der Waals surface area contributed by atoms with E-state index in [1.54, 1.807) is 0 Å². The fourth-order valence-electron chi connectivity index (χ4n) is 3.59. The topological polar surface area (TPSA) is 0 Å². The van der Waals surface area contributed by atoms with Crippen LogP contribution in [0.15, 0.2) is 11.6 Å². The van der Waals surface area contributed by atoms with Gasteiger partial charge in [0.25, 0.3) is 0 Å². The smallest absolute Gasteiger partial charge is 0.0114 e. The minimum absolute atomic E-state index is 0. The van der Waals surface area contributed by atoms with E-state index >= 15 is 0 Å². The van der Waals surface area contributed by atoms with Gasteiger partial charge in [0.2, 0.25) is 0 Å². The molecule has 2 heteroatoms. The van der Waals surface area contributed by atoms with Crippen LogP contribution in [-0.4, -0.2) is 4.75 Å². The molecule has 0 saturated heterocycles. The molecule has 4 atom stereocenters. The van der Waals surface area contributed by atoms with E-state index in [0.29, 0.717) is 11.8 Å². The summed E-state index contributed by atoms with van der Waals surface area (Å²) < 4.78 is 0.0275. The van der Waals surface area contributed by atoms with Crippen molar-refractivity contribution in [3.63, 3.8) is 0 Å². The Hall–Kier alpha value is 1.19. The Bertz CT molecular complexity index is 293. The fourth-order valence-corrected chi connectivity index (χ4v) is 4.18. The van der Waals surface area contributed by atoms with E-state index in [4.69, 9.17) is 12.6 Å². The zero-order valence-electron chi connectivity index (χ0n) is 12.5. The van der Waals surface area contributed by atoms with Crippen molar-refractivity contribution in [3.8, 4) is 0 Å². The molecule has 0 aromatic carbocycles.